The predicted molar refractivity (Wildman–Crippen MR) is 134 cm³/mol. The Bertz CT molecular complexity index is 1140. The summed E-state index contributed by atoms with van der Waals surface area (Å²) < 4.78 is 10.9. The van der Waals surface area contributed by atoms with E-state index in [4.69, 9.17) is 9.47 Å². The van der Waals surface area contributed by atoms with Gasteiger partial charge in [0.2, 0.25) is 0 Å². The largest absolute Gasteiger partial charge is 0.507 e. The number of Topliss-reactive ketones (excluding diaryl/α,β-unsaturated/α-hetero) is 1. The van der Waals surface area contributed by atoms with Crippen LogP contribution in [-0.4, -0.2) is 72.6 Å². The summed E-state index contributed by atoms with van der Waals surface area (Å²) in [6, 6.07) is 9.10. The first kappa shape index (κ1) is 26.1. The number of ketones is 1. The molecule has 1 atom stereocenters. The smallest absolute Gasteiger partial charge is 0.295 e. The Labute approximate surface area is 206 Å². The van der Waals surface area contributed by atoms with E-state index >= 15 is 0 Å². The molecule has 0 saturated carbocycles. The molecule has 0 spiro atoms. The van der Waals surface area contributed by atoms with Crippen molar-refractivity contribution >= 4 is 17.4 Å². The number of hydrogen-bond acceptors (Lipinski definition) is 7. The second-order valence-corrected chi connectivity index (χ2v) is 9.07. The molecule has 1 unspecified atom stereocenters. The minimum absolute atomic E-state index is 0.0165. The first-order valence-electron chi connectivity index (χ1n) is 11.7. The highest BCUT2D eigenvalue weighted by molar-refractivity contribution is 6.46. The van der Waals surface area contributed by atoms with E-state index in [1.807, 2.05) is 39.8 Å². The molecule has 3 rings (SSSR count). The molecule has 0 bridgehead atoms. The summed E-state index contributed by atoms with van der Waals surface area (Å²) in [6.07, 6.45) is 0. The Balaban J connectivity index is 2.19. The lowest BCUT2D eigenvalue weighted by molar-refractivity contribution is -0.140. The number of carbonyl (C=O) groups excluding carboxylic acids is 2. The zero-order chi connectivity index (χ0) is 25.9. The Morgan fingerprint density at radius 2 is 1.80 bits per heavy atom. The summed E-state index contributed by atoms with van der Waals surface area (Å²) >= 11 is 0. The predicted octanol–water partition coefficient (Wildman–Crippen LogP) is 3.91. The second-order valence-electron chi connectivity index (χ2n) is 9.07. The lowest BCUT2D eigenvalue weighted by Gasteiger charge is -2.27. The van der Waals surface area contributed by atoms with Crippen LogP contribution in [0.3, 0.4) is 0 Å². The van der Waals surface area contributed by atoms with Crippen LogP contribution in [-0.2, 0) is 9.59 Å². The molecule has 0 aromatic heterocycles. The number of phenolic OH excluding ortho intramolecular Hbond substituents is 1. The fourth-order valence-corrected chi connectivity index (χ4v) is 4.23. The minimum atomic E-state index is -0.860. The van der Waals surface area contributed by atoms with Gasteiger partial charge in [-0.25, -0.2) is 0 Å². The van der Waals surface area contributed by atoms with Crippen molar-refractivity contribution in [3.05, 3.63) is 58.7 Å². The maximum atomic E-state index is 13.2. The Kier molecular flexibility index (Phi) is 8.07. The molecule has 1 aliphatic heterocycles. The van der Waals surface area contributed by atoms with Crippen LogP contribution in [0.15, 0.2) is 42.0 Å². The number of benzene rings is 2. The van der Waals surface area contributed by atoms with Gasteiger partial charge < -0.3 is 29.5 Å². The van der Waals surface area contributed by atoms with E-state index in [0.29, 0.717) is 30.0 Å². The Morgan fingerprint density at radius 1 is 1.11 bits per heavy atom. The van der Waals surface area contributed by atoms with Crippen molar-refractivity contribution in [3.63, 3.8) is 0 Å². The lowest BCUT2D eigenvalue weighted by atomic mass is 9.93. The molecule has 0 aliphatic carbocycles. The third-order valence-electron chi connectivity index (χ3n) is 6.05. The fourth-order valence-electron chi connectivity index (χ4n) is 4.23. The number of ether oxygens (including phenoxy) is 2. The molecule has 1 heterocycles. The maximum absolute atomic E-state index is 13.2. The van der Waals surface area contributed by atoms with Gasteiger partial charge in [-0.15, -0.1) is 0 Å². The second kappa shape index (κ2) is 10.8. The highest BCUT2D eigenvalue weighted by Crippen LogP contribution is 2.42. The number of likely N-dealkylation sites (N-methyl/N-ethyl adjacent to an activating group) is 1. The lowest BCUT2D eigenvalue weighted by Crippen LogP contribution is -2.35. The topological polar surface area (TPSA) is 99.5 Å². The number of likely N-dealkylation sites (tertiary alicyclic amines) is 1. The third-order valence-corrected chi connectivity index (χ3v) is 6.05. The van der Waals surface area contributed by atoms with Crippen LogP contribution in [0.25, 0.3) is 5.76 Å². The van der Waals surface area contributed by atoms with Crippen molar-refractivity contribution < 1.29 is 29.3 Å². The van der Waals surface area contributed by atoms with Gasteiger partial charge in [-0.2, -0.15) is 0 Å². The van der Waals surface area contributed by atoms with E-state index in [0.717, 1.165) is 5.56 Å². The average Bonchev–Trinajstić information content (AvgIpc) is 3.07. The minimum Gasteiger partial charge on any atom is -0.507 e. The standard InChI is InChI=1S/C27H34N2O6/c1-7-35-21-10-9-18(14-19(21)16(2)3)25(31)23-24(17-8-11-22(34-6)20(30)15-17)29(13-12-28(4)5)27(33)26(23)32/h8-11,14-16,24,30-31H,7,12-13H2,1-6H3/b25-23-. The average molecular weight is 483 g/mol. The summed E-state index contributed by atoms with van der Waals surface area (Å²) in [7, 11) is 5.19. The molecule has 8 heteroatoms. The van der Waals surface area contributed by atoms with Crippen molar-refractivity contribution in [2.45, 2.75) is 32.7 Å². The van der Waals surface area contributed by atoms with E-state index in [9.17, 15) is 19.8 Å². The number of aliphatic hydroxyl groups is 1. The molecule has 1 saturated heterocycles. The van der Waals surface area contributed by atoms with Gasteiger partial charge in [0.15, 0.2) is 11.5 Å². The van der Waals surface area contributed by atoms with E-state index < -0.39 is 17.7 Å². The number of nitrogens with zero attached hydrogens (tertiary/aromatic N) is 2. The van der Waals surface area contributed by atoms with Crippen LogP contribution in [0.2, 0.25) is 0 Å². The van der Waals surface area contributed by atoms with Gasteiger partial charge in [-0.05, 0) is 68.4 Å². The molecular weight excluding hydrogens is 448 g/mol. The van der Waals surface area contributed by atoms with Gasteiger partial charge >= 0.3 is 0 Å². The molecule has 0 radical (unpaired) electrons. The van der Waals surface area contributed by atoms with Gasteiger partial charge in [0.25, 0.3) is 11.7 Å². The number of methoxy groups -OCH3 is 1. The van der Waals surface area contributed by atoms with Crippen LogP contribution in [0.5, 0.6) is 17.2 Å². The van der Waals surface area contributed by atoms with E-state index in [2.05, 4.69) is 0 Å². The van der Waals surface area contributed by atoms with Gasteiger partial charge in [-0.1, -0.05) is 19.9 Å². The molecule has 188 valence electrons. The first-order valence-corrected chi connectivity index (χ1v) is 11.7. The number of rotatable bonds is 9. The highest BCUT2D eigenvalue weighted by atomic mass is 16.5. The van der Waals surface area contributed by atoms with E-state index in [-0.39, 0.29) is 35.3 Å². The summed E-state index contributed by atoms with van der Waals surface area (Å²) in [5.74, 6) is -0.743. The number of carbonyl (C=O) groups is 2. The fraction of sp³-hybridized carbons (Fsp3) is 0.407. The number of aromatic hydroxyl groups is 1. The molecule has 2 aromatic carbocycles. The van der Waals surface area contributed by atoms with Crippen LogP contribution >= 0.6 is 0 Å². The molecule has 1 amide bonds. The van der Waals surface area contributed by atoms with Crippen molar-refractivity contribution in [1.29, 1.82) is 0 Å². The van der Waals surface area contributed by atoms with Crippen LogP contribution in [0, 0.1) is 0 Å². The SMILES string of the molecule is CCOc1ccc(/C(O)=C2/C(=O)C(=O)N(CCN(C)C)C2c2ccc(OC)c(O)c2)cc1C(C)C. The zero-order valence-corrected chi connectivity index (χ0v) is 21.2. The van der Waals surface area contributed by atoms with Gasteiger partial charge in [0.05, 0.1) is 25.3 Å². The monoisotopic (exact) mass is 482 g/mol. The summed E-state index contributed by atoms with van der Waals surface area (Å²) in [5.41, 5.74) is 1.79. The Morgan fingerprint density at radius 3 is 2.37 bits per heavy atom. The Hall–Kier alpha value is -3.52. The molecule has 1 aliphatic rings. The van der Waals surface area contributed by atoms with Gasteiger partial charge in [0, 0.05) is 18.7 Å². The highest BCUT2D eigenvalue weighted by Gasteiger charge is 2.46. The van der Waals surface area contributed by atoms with Crippen molar-refractivity contribution in [2.24, 2.45) is 0 Å². The molecule has 8 nitrogen and oxygen atoms in total. The number of phenols is 1. The summed E-state index contributed by atoms with van der Waals surface area (Å²) in [4.78, 5) is 29.6. The number of hydrogen-bond donors (Lipinski definition) is 2. The molecule has 2 aromatic rings. The van der Waals surface area contributed by atoms with Gasteiger partial charge in [-0.3, -0.25) is 9.59 Å². The molecule has 1 fully saturated rings. The molecule has 35 heavy (non-hydrogen) atoms. The van der Waals surface area contributed by atoms with E-state index in [1.165, 1.54) is 18.1 Å². The maximum Gasteiger partial charge on any atom is 0.295 e. The van der Waals surface area contributed by atoms with Crippen molar-refractivity contribution in [1.82, 2.24) is 9.80 Å². The third kappa shape index (κ3) is 5.27. The molecule has 2 N–H and O–H groups in total. The number of amides is 1. The van der Waals surface area contributed by atoms with Crippen molar-refractivity contribution in [3.8, 4) is 17.2 Å². The molecular formula is C27H34N2O6. The summed E-state index contributed by atoms with van der Waals surface area (Å²) in [6.45, 7) is 7.23. The van der Waals surface area contributed by atoms with Gasteiger partial charge in [0.1, 0.15) is 11.5 Å². The normalized spacial score (nSPS) is 17.5. The number of aliphatic hydroxyl groups excluding tert-OH is 1. The summed E-state index contributed by atoms with van der Waals surface area (Å²) in [5, 5.41) is 21.8. The van der Waals surface area contributed by atoms with Crippen LogP contribution in [0.4, 0.5) is 0 Å². The van der Waals surface area contributed by atoms with Crippen molar-refractivity contribution in [2.75, 3.05) is 40.9 Å². The quantitative estimate of drug-likeness (QED) is 0.318. The zero-order valence-electron chi connectivity index (χ0n) is 21.2. The van der Waals surface area contributed by atoms with Crippen LogP contribution < -0.4 is 9.47 Å². The van der Waals surface area contributed by atoms with E-state index in [1.54, 1.807) is 30.3 Å². The van der Waals surface area contributed by atoms with Crippen LogP contribution in [0.1, 0.15) is 49.4 Å². The first-order chi connectivity index (χ1) is 16.6.